The van der Waals surface area contributed by atoms with Crippen LogP contribution in [-0.2, 0) is 30.1 Å². The quantitative estimate of drug-likeness (QED) is 0.445. The topological polar surface area (TPSA) is 173 Å². The predicted molar refractivity (Wildman–Crippen MR) is 93.5 cm³/mol. The summed E-state index contributed by atoms with van der Waals surface area (Å²) in [5.41, 5.74) is -0.695. The number of anilines is 1. The minimum absolute atomic E-state index is 0.00500. The molecule has 14 heteroatoms. The molecule has 1 heterocycles. The minimum atomic E-state index is -5.05. The maximum atomic E-state index is 11.4. The minimum Gasteiger partial charge on any atom is -0.744 e. The van der Waals surface area contributed by atoms with Crippen LogP contribution in [0.1, 0.15) is 12.0 Å². The maximum Gasteiger partial charge on any atom is 0.171 e. The molecule has 26 heavy (non-hydrogen) atoms. The summed E-state index contributed by atoms with van der Waals surface area (Å²) in [4.78, 5) is -1.74. The van der Waals surface area contributed by atoms with Gasteiger partial charge >= 0.3 is 0 Å². The lowest BCUT2D eigenvalue weighted by Crippen LogP contribution is -2.38. The van der Waals surface area contributed by atoms with Crippen LogP contribution in [-0.4, -0.2) is 57.0 Å². The van der Waals surface area contributed by atoms with Gasteiger partial charge in [0.05, 0.1) is 21.3 Å². The number of rotatable bonds is 4. The summed E-state index contributed by atoms with van der Waals surface area (Å²) in [6, 6.07) is 1.24. The van der Waals surface area contributed by atoms with E-state index in [1.54, 1.807) is 0 Å². The Kier molecular flexibility index (Phi) is 5.66. The van der Waals surface area contributed by atoms with Gasteiger partial charge < -0.3 is 19.7 Å². The molecule has 2 N–H and O–H groups in total. The van der Waals surface area contributed by atoms with Gasteiger partial charge in [-0.15, -0.1) is 0 Å². The zero-order chi connectivity index (χ0) is 19.9. The zero-order valence-electron chi connectivity index (χ0n) is 13.3. The molecule has 1 aromatic carbocycles. The predicted octanol–water partition coefficient (Wildman–Crippen LogP) is -0.723. The first kappa shape index (κ1) is 21.0. The highest BCUT2D eigenvalue weighted by Gasteiger charge is 2.28. The van der Waals surface area contributed by atoms with Crippen LogP contribution >= 0.6 is 12.2 Å². The van der Waals surface area contributed by atoms with Crippen molar-refractivity contribution < 1.29 is 34.4 Å². The molecule has 0 bridgehead atoms. The summed E-state index contributed by atoms with van der Waals surface area (Å²) < 4.78 is 90.8. The Hall–Kier alpha value is -1.32. The Morgan fingerprint density at radius 1 is 1.15 bits per heavy atom. The van der Waals surface area contributed by atoms with E-state index >= 15 is 0 Å². The summed E-state index contributed by atoms with van der Waals surface area (Å²) in [5.74, 6) is -0.141. The monoisotopic (exact) mass is 442 g/mol. The molecule has 0 radical (unpaired) electrons. The van der Waals surface area contributed by atoms with Crippen LogP contribution in [0.4, 0.5) is 5.69 Å². The van der Waals surface area contributed by atoms with E-state index in [0.29, 0.717) is 6.42 Å². The molecule has 0 aromatic heterocycles. The van der Waals surface area contributed by atoms with E-state index in [1.807, 2.05) is 0 Å². The number of benzene rings is 1. The fourth-order valence-corrected chi connectivity index (χ4v) is 6.05. The largest absolute Gasteiger partial charge is 0.744 e. The number of nitrogens with one attached hydrogen (secondary N) is 2. The lowest BCUT2D eigenvalue weighted by molar-refractivity contribution is 0.460. The van der Waals surface area contributed by atoms with Crippen LogP contribution in [0, 0.1) is 6.92 Å². The summed E-state index contributed by atoms with van der Waals surface area (Å²) in [6.07, 6.45) is 0.318. The second kappa shape index (κ2) is 7.01. The molecule has 10 nitrogen and oxygen atoms in total. The van der Waals surface area contributed by atoms with Crippen molar-refractivity contribution in [3.05, 3.63) is 17.7 Å². The Bertz CT molecular complexity index is 1010. The van der Waals surface area contributed by atoms with Gasteiger partial charge in [-0.3, -0.25) is 0 Å². The van der Waals surface area contributed by atoms with Crippen LogP contribution in [0.3, 0.4) is 0 Å². The van der Waals surface area contributed by atoms with Crippen molar-refractivity contribution in [3.8, 4) is 0 Å². The SMILES string of the molecule is Cc1c(S(=O)(=O)[O-])cc(NC(=S)NC2CCS(=O)(=O)C2)cc1S(=O)(=O)[O-]. The van der Waals surface area contributed by atoms with Gasteiger partial charge in [-0.1, -0.05) is 0 Å². The van der Waals surface area contributed by atoms with Crippen molar-refractivity contribution in [2.45, 2.75) is 29.2 Å². The molecule has 1 atom stereocenters. The summed E-state index contributed by atoms with van der Waals surface area (Å²) in [6.45, 7) is 1.03. The van der Waals surface area contributed by atoms with Crippen molar-refractivity contribution in [2.75, 3.05) is 16.8 Å². The molecule has 1 aliphatic rings. The average Bonchev–Trinajstić information content (AvgIpc) is 2.77. The van der Waals surface area contributed by atoms with E-state index < -0.39 is 51.5 Å². The lowest BCUT2D eigenvalue weighted by Gasteiger charge is -2.20. The molecule has 1 aromatic rings. The molecule has 1 aliphatic heterocycles. The molecule has 0 amide bonds. The van der Waals surface area contributed by atoms with E-state index in [-0.39, 0.29) is 22.3 Å². The molecule has 1 fully saturated rings. The van der Waals surface area contributed by atoms with Gasteiger partial charge in [-0.05, 0) is 43.3 Å². The van der Waals surface area contributed by atoms with E-state index in [1.165, 1.54) is 0 Å². The fraction of sp³-hybridized carbons (Fsp3) is 0.417. The van der Waals surface area contributed by atoms with Gasteiger partial charge in [0.15, 0.2) is 14.9 Å². The Morgan fingerprint density at radius 3 is 2.04 bits per heavy atom. The Morgan fingerprint density at radius 2 is 1.65 bits per heavy atom. The van der Waals surface area contributed by atoms with Crippen molar-refractivity contribution in [2.24, 2.45) is 0 Å². The third-order valence-corrected chi connectivity index (χ3v) is 7.59. The molecule has 1 unspecified atom stereocenters. The van der Waals surface area contributed by atoms with Crippen LogP contribution in [0.25, 0.3) is 0 Å². The third-order valence-electron chi connectivity index (χ3n) is 3.68. The van der Waals surface area contributed by atoms with Crippen molar-refractivity contribution in [3.63, 3.8) is 0 Å². The van der Waals surface area contributed by atoms with Gasteiger partial charge in [0, 0.05) is 11.7 Å². The zero-order valence-corrected chi connectivity index (χ0v) is 16.5. The number of hydrogen-bond donors (Lipinski definition) is 2. The number of hydrogen-bond acceptors (Lipinski definition) is 9. The average molecular weight is 443 g/mol. The summed E-state index contributed by atoms with van der Waals surface area (Å²) in [7, 11) is -13.3. The lowest BCUT2D eigenvalue weighted by atomic mass is 10.2. The first-order valence-corrected chi connectivity index (χ1v) is 12.1. The highest BCUT2D eigenvalue weighted by Crippen LogP contribution is 2.27. The Balaban J connectivity index is 2.33. The van der Waals surface area contributed by atoms with Crippen LogP contribution in [0.15, 0.2) is 21.9 Å². The highest BCUT2D eigenvalue weighted by molar-refractivity contribution is 7.91. The Labute approximate surface area is 156 Å². The standard InChI is InChI=1S/C12H16N2O8S4/c1-7-10(25(17,18)19)4-9(5-11(7)26(20,21)22)14-12(23)13-8-2-3-24(15,16)6-8/h4-5,8H,2-3,6H2,1H3,(H2,13,14,23)(H,17,18,19)(H,20,21,22)/p-2. The molecular formula is C12H14N2O8S4-2. The van der Waals surface area contributed by atoms with E-state index in [0.717, 1.165) is 19.1 Å². The molecule has 1 saturated heterocycles. The van der Waals surface area contributed by atoms with Crippen LogP contribution in [0.2, 0.25) is 0 Å². The molecule has 146 valence electrons. The van der Waals surface area contributed by atoms with Crippen molar-refractivity contribution >= 4 is 53.1 Å². The second-order valence-corrected chi connectivity index (χ2v) is 11.0. The van der Waals surface area contributed by atoms with Gasteiger partial charge in [0.25, 0.3) is 0 Å². The normalized spacial score (nSPS) is 19.9. The van der Waals surface area contributed by atoms with Crippen LogP contribution in [0.5, 0.6) is 0 Å². The van der Waals surface area contributed by atoms with Crippen molar-refractivity contribution in [1.29, 1.82) is 0 Å². The summed E-state index contributed by atoms with van der Waals surface area (Å²) >= 11 is 4.98. The number of thiocarbonyl (C=S) groups is 1. The molecule has 0 aliphatic carbocycles. The van der Waals surface area contributed by atoms with Crippen LogP contribution < -0.4 is 10.6 Å². The molecule has 0 spiro atoms. The first-order chi connectivity index (χ1) is 11.7. The highest BCUT2D eigenvalue weighted by atomic mass is 32.2. The third kappa shape index (κ3) is 5.11. The first-order valence-electron chi connectivity index (χ1n) is 7.03. The maximum absolute atomic E-state index is 11.4. The summed E-state index contributed by atoms with van der Waals surface area (Å²) in [5, 5.41) is 5.06. The van der Waals surface area contributed by atoms with Gasteiger partial charge in [0.1, 0.15) is 20.2 Å². The second-order valence-electron chi connectivity index (χ2n) is 5.70. The smallest absolute Gasteiger partial charge is 0.171 e. The fourth-order valence-electron chi connectivity index (χ4n) is 2.51. The molecule has 2 rings (SSSR count). The van der Waals surface area contributed by atoms with Crippen molar-refractivity contribution in [1.82, 2.24) is 5.32 Å². The molecular weight excluding hydrogens is 428 g/mol. The number of sulfone groups is 1. The van der Waals surface area contributed by atoms with Gasteiger partial charge in [-0.2, -0.15) is 0 Å². The van der Waals surface area contributed by atoms with E-state index in [2.05, 4.69) is 10.6 Å². The molecule has 0 saturated carbocycles. The van der Waals surface area contributed by atoms with E-state index in [9.17, 15) is 34.4 Å². The van der Waals surface area contributed by atoms with Gasteiger partial charge in [-0.25, -0.2) is 25.3 Å². The van der Waals surface area contributed by atoms with Gasteiger partial charge in [0.2, 0.25) is 0 Å². The van der Waals surface area contributed by atoms with E-state index in [4.69, 9.17) is 12.2 Å².